The van der Waals surface area contributed by atoms with Crippen molar-refractivity contribution in [1.82, 2.24) is 14.8 Å². The van der Waals surface area contributed by atoms with Crippen molar-refractivity contribution in [3.05, 3.63) is 40.7 Å². The number of benzene rings is 1. The number of nitriles is 1. The average molecular weight is 243 g/mol. The van der Waals surface area contributed by atoms with Crippen LogP contribution in [0.1, 0.15) is 13.0 Å². The van der Waals surface area contributed by atoms with Crippen molar-refractivity contribution in [2.45, 2.75) is 13.0 Å². The molecule has 0 aliphatic carbocycles. The van der Waals surface area contributed by atoms with E-state index in [0.29, 0.717) is 11.4 Å². The third-order valence-corrected chi connectivity index (χ3v) is 2.41. The van der Waals surface area contributed by atoms with Crippen LogP contribution in [-0.2, 0) is 0 Å². The Morgan fingerprint density at radius 1 is 1.56 bits per heavy atom. The maximum absolute atomic E-state index is 10.7. The Morgan fingerprint density at radius 2 is 2.33 bits per heavy atom. The highest BCUT2D eigenvalue weighted by Crippen LogP contribution is 2.20. The minimum absolute atomic E-state index is 0.0165. The molecule has 18 heavy (non-hydrogen) atoms. The molecule has 1 heterocycles. The van der Waals surface area contributed by atoms with Crippen LogP contribution >= 0.6 is 0 Å². The van der Waals surface area contributed by atoms with Crippen LogP contribution < -0.4 is 0 Å². The lowest BCUT2D eigenvalue weighted by molar-refractivity contribution is -0.384. The van der Waals surface area contributed by atoms with E-state index in [1.807, 2.05) is 6.07 Å². The molecular formula is C11H9N5O2. The highest BCUT2D eigenvalue weighted by molar-refractivity contribution is 5.58. The predicted molar refractivity (Wildman–Crippen MR) is 62.4 cm³/mol. The predicted octanol–water partition coefficient (Wildman–Crippen LogP) is 1.94. The third-order valence-electron chi connectivity index (χ3n) is 2.41. The van der Waals surface area contributed by atoms with Crippen LogP contribution in [0.15, 0.2) is 30.6 Å². The first kappa shape index (κ1) is 11.7. The van der Waals surface area contributed by atoms with Gasteiger partial charge >= 0.3 is 0 Å². The van der Waals surface area contributed by atoms with Crippen molar-refractivity contribution in [1.29, 1.82) is 5.26 Å². The van der Waals surface area contributed by atoms with Gasteiger partial charge in [0, 0.05) is 17.7 Å². The Balaban J connectivity index is 2.37. The summed E-state index contributed by atoms with van der Waals surface area (Å²) in [5.41, 5.74) is 0.533. The summed E-state index contributed by atoms with van der Waals surface area (Å²) < 4.78 is 1.41. The molecule has 1 aromatic heterocycles. The van der Waals surface area contributed by atoms with Gasteiger partial charge < -0.3 is 0 Å². The summed E-state index contributed by atoms with van der Waals surface area (Å²) in [5, 5.41) is 23.5. The number of nitrogens with zero attached hydrogens (tertiary/aromatic N) is 5. The van der Waals surface area contributed by atoms with Crippen LogP contribution in [0.4, 0.5) is 5.69 Å². The molecule has 0 aliphatic heterocycles. The fourth-order valence-corrected chi connectivity index (χ4v) is 1.41. The Morgan fingerprint density at radius 3 is 3.00 bits per heavy atom. The van der Waals surface area contributed by atoms with E-state index in [9.17, 15) is 10.1 Å². The van der Waals surface area contributed by atoms with Gasteiger partial charge in [0.15, 0.2) is 5.82 Å². The molecule has 0 bridgehead atoms. The van der Waals surface area contributed by atoms with Crippen LogP contribution in [0.25, 0.3) is 11.4 Å². The van der Waals surface area contributed by atoms with Gasteiger partial charge in [-0.05, 0) is 6.92 Å². The van der Waals surface area contributed by atoms with Crippen LogP contribution in [0.5, 0.6) is 0 Å². The van der Waals surface area contributed by atoms with Gasteiger partial charge in [0.25, 0.3) is 5.69 Å². The van der Waals surface area contributed by atoms with Gasteiger partial charge in [-0.1, -0.05) is 12.1 Å². The molecule has 0 saturated carbocycles. The summed E-state index contributed by atoms with van der Waals surface area (Å²) in [5.74, 6) is 0.362. The monoisotopic (exact) mass is 243 g/mol. The van der Waals surface area contributed by atoms with E-state index in [1.165, 1.54) is 23.1 Å². The standard InChI is InChI=1S/C11H9N5O2/c1-8(6-12)15-7-13-11(14-15)9-3-2-4-10(5-9)16(17)18/h2-5,7-8H,1H3. The number of non-ortho nitro benzene ring substituents is 1. The minimum Gasteiger partial charge on any atom is -0.258 e. The molecule has 0 amide bonds. The average Bonchev–Trinajstić information content (AvgIpc) is 2.87. The smallest absolute Gasteiger partial charge is 0.258 e. The molecule has 2 aromatic rings. The lowest BCUT2D eigenvalue weighted by atomic mass is 10.2. The van der Waals surface area contributed by atoms with Crippen molar-refractivity contribution in [3.63, 3.8) is 0 Å². The van der Waals surface area contributed by atoms with Crippen molar-refractivity contribution < 1.29 is 4.92 Å². The molecule has 0 aliphatic rings. The highest BCUT2D eigenvalue weighted by atomic mass is 16.6. The topological polar surface area (TPSA) is 97.6 Å². The zero-order chi connectivity index (χ0) is 13.1. The van der Waals surface area contributed by atoms with Crippen molar-refractivity contribution in [2.75, 3.05) is 0 Å². The molecular weight excluding hydrogens is 234 g/mol. The zero-order valence-electron chi connectivity index (χ0n) is 9.52. The summed E-state index contributed by atoms with van der Waals surface area (Å²) in [4.78, 5) is 14.2. The maximum Gasteiger partial charge on any atom is 0.270 e. The Labute approximate surface area is 102 Å². The Bertz CT molecular complexity index is 628. The summed E-state index contributed by atoms with van der Waals surface area (Å²) >= 11 is 0. The summed E-state index contributed by atoms with van der Waals surface area (Å²) in [7, 11) is 0. The van der Waals surface area contributed by atoms with Crippen molar-refractivity contribution in [2.24, 2.45) is 0 Å². The van der Waals surface area contributed by atoms with Crippen LogP contribution in [-0.4, -0.2) is 19.7 Å². The minimum atomic E-state index is -0.474. The number of rotatable bonds is 3. The van der Waals surface area contributed by atoms with Crippen molar-refractivity contribution in [3.8, 4) is 17.5 Å². The van der Waals surface area contributed by atoms with E-state index in [2.05, 4.69) is 10.1 Å². The maximum atomic E-state index is 10.7. The SMILES string of the molecule is CC(C#N)n1cnc(-c2cccc([N+](=O)[O-])c2)n1. The van der Waals surface area contributed by atoms with Gasteiger partial charge in [-0.3, -0.25) is 10.1 Å². The van der Waals surface area contributed by atoms with Crippen LogP contribution in [0.3, 0.4) is 0 Å². The number of aromatic nitrogens is 3. The molecule has 0 radical (unpaired) electrons. The summed E-state index contributed by atoms with van der Waals surface area (Å²) in [6.45, 7) is 1.69. The van der Waals surface area contributed by atoms with Crippen molar-refractivity contribution >= 4 is 5.69 Å². The summed E-state index contributed by atoms with van der Waals surface area (Å²) in [6, 6.07) is 7.66. The van der Waals surface area contributed by atoms with E-state index < -0.39 is 11.0 Å². The van der Waals surface area contributed by atoms with Gasteiger partial charge in [-0.2, -0.15) is 5.26 Å². The van der Waals surface area contributed by atoms with Gasteiger partial charge in [0.05, 0.1) is 11.0 Å². The van der Waals surface area contributed by atoms with Gasteiger partial charge in [-0.25, -0.2) is 9.67 Å². The molecule has 0 saturated heterocycles. The van der Waals surface area contributed by atoms with Crippen LogP contribution in [0.2, 0.25) is 0 Å². The Hall–Kier alpha value is -2.75. The Kier molecular flexibility index (Phi) is 3.02. The molecule has 0 spiro atoms. The quantitative estimate of drug-likeness (QED) is 0.606. The number of nitro benzene ring substituents is 1. The fourth-order valence-electron chi connectivity index (χ4n) is 1.41. The highest BCUT2D eigenvalue weighted by Gasteiger charge is 2.11. The lowest BCUT2D eigenvalue weighted by Gasteiger charge is -1.99. The first-order chi connectivity index (χ1) is 8.61. The van der Waals surface area contributed by atoms with E-state index in [0.717, 1.165) is 0 Å². The molecule has 90 valence electrons. The fraction of sp³-hybridized carbons (Fsp3) is 0.182. The molecule has 1 atom stereocenters. The second-order valence-electron chi connectivity index (χ2n) is 3.66. The molecule has 1 unspecified atom stereocenters. The molecule has 7 heteroatoms. The first-order valence-electron chi connectivity index (χ1n) is 5.17. The molecule has 0 fully saturated rings. The zero-order valence-corrected chi connectivity index (χ0v) is 9.52. The number of hydrogen-bond acceptors (Lipinski definition) is 5. The van der Waals surface area contributed by atoms with E-state index in [1.54, 1.807) is 19.1 Å². The normalized spacial score (nSPS) is 11.8. The second kappa shape index (κ2) is 4.63. The van der Waals surface area contributed by atoms with Crippen LogP contribution in [0, 0.1) is 21.4 Å². The third kappa shape index (κ3) is 2.17. The number of hydrogen-bond donors (Lipinski definition) is 0. The van der Waals surface area contributed by atoms with Gasteiger partial charge in [0.2, 0.25) is 0 Å². The van der Waals surface area contributed by atoms with E-state index in [-0.39, 0.29) is 5.69 Å². The van der Waals surface area contributed by atoms with Gasteiger partial charge in [-0.15, -0.1) is 5.10 Å². The van der Waals surface area contributed by atoms with E-state index >= 15 is 0 Å². The van der Waals surface area contributed by atoms with E-state index in [4.69, 9.17) is 5.26 Å². The lowest BCUT2D eigenvalue weighted by Crippen LogP contribution is -2.02. The largest absolute Gasteiger partial charge is 0.270 e. The second-order valence-corrected chi connectivity index (χ2v) is 3.66. The molecule has 2 rings (SSSR count). The van der Waals surface area contributed by atoms with Gasteiger partial charge in [0.1, 0.15) is 12.4 Å². The molecule has 7 nitrogen and oxygen atoms in total. The number of nitro groups is 1. The molecule has 0 N–H and O–H groups in total. The first-order valence-corrected chi connectivity index (χ1v) is 5.17. The summed E-state index contributed by atoms with van der Waals surface area (Å²) in [6.07, 6.45) is 1.43. The molecule has 1 aromatic carbocycles.